The van der Waals surface area contributed by atoms with Crippen molar-refractivity contribution in [2.75, 3.05) is 11.5 Å². The molecule has 0 saturated carbocycles. The molecule has 4 nitrogen and oxygen atoms in total. The number of rotatable bonds is 3. The first-order valence-corrected chi connectivity index (χ1v) is 8.04. The number of nitrogens with zero attached hydrogens (tertiary/aromatic N) is 1. The molecule has 0 bridgehead atoms. The highest BCUT2D eigenvalue weighted by Crippen LogP contribution is 2.24. The van der Waals surface area contributed by atoms with Crippen molar-refractivity contribution in [1.82, 2.24) is 4.98 Å². The summed E-state index contributed by atoms with van der Waals surface area (Å²) in [6.07, 6.45) is 2.34. The van der Waals surface area contributed by atoms with Crippen molar-refractivity contribution in [3.05, 3.63) is 16.1 Å². The minimum absolute atomic E-state index is 0.0183. The molecule has 1 aliphatic heterocycles. The van der Waals surface area contributed by atoms with Crippen LogP contribution in [0.4, 0.5) is 0 Å². The molecule has 1 N–H and O–H groups in total. The molecule has 0 amide bonds. The SMILES string of the molecule is O=S1(=O)CCC(Cc2nc(CO)cs2)CC1. The van der Waals surface area contributed by atoms with E-state index in [1.54, 1.807) is 11.3 Å². The van der Waals surface area contributed by atoms with E-state index in [1.807, 2.05) is 5.38 Å². The molecular formula is C10H15NO3S2. The zero-order valence-corrected chi connectivity index (χ0v) is 10.6. The summed E-state index contributed by atoms with van der Waals surface area (Å²) >= 11 is 1.55. The highest BCUT2D eigenvalue weighted by Gasteiger charge is 2.24. The van der Waals surface area contributed by atoms with Gasteiger partial charge in [0.05, 0.1) is 28.8 Å². The van der Waals surface area contributed by atoms with Gasteiger partial charge in [-0.1, -0.05) is 0 Å². The molecule has 1 aromatic heterocycles. The lowest BCUT2D eigenvalue weighted by atomic mass is 9.99. The van der Waals surface area contributed by atoms with Crippen LogP contribution in [0.5, 0.6) is 0 Å². The topological polar surface area (TPSA) is 67.3 Å². The van der Waals surface area contributed by atoms with Gasteiger partial charge in [0, 0.05) is 11.8 Å². The predicted octanol–water partition coefficient (Wildman–Crippen LogP) is 1.00. The van der Waals surface area contributed by atoms with E-state index < -0.39 is 9.84 Å². The molecule has 90 valence electrons. The molecule has 6 heteroatoms. The van der Waals surface area contributed by atoms with Crippen LogP contribution in [-0.2, 0) is 22.9 Å². The van der Waals surface area contributed by atoms with Gasteiger partial charge in [0.25, 0.3) is 0 Å². The van der Waals surface area contributed by atoms with E-state index in [9.17, 15) is 8.42 Å². The Hall–Kier alpha value is -0.460. The molecule has 0 radical (unpaired) electrons. The highest BCUT2D eigenvalue weighted by molar-refractivity contribution is 7.91. The van der Waals surface area contributed by atoms with Gasteiger partial charge in [-0.25, -0.2) is 13.4 Å². The van der Waals surface area contributed by atoms with Gasteiger partial charge >= 0.3 is 0 Å². The quantitative estimate of drug-likeness (QED) is 0.881. The number of hydrogen-bond acceptors (Lipinski definition) is 5. The van der Waals surface area contributed by atoms with Crippen molar-refractivity contribution < 1.29 is 13.5 Å². The van der Waals surface area contributed by atoms with E-state index in [0.717, 1.165) is 24.3 Å². The van der Waals surface area contributed by atoms with Crippen molar-refractivity contribution in [1.29, 1.82) is 0 Å². The second-order valence-corrected chi connectivity index (χ2v) is 7.44. The average molecular weight is 261 g/mol. The van der Waals surface area contributed by atoms with Gasteiger partial charge in [0.1, 0.15) is 9.84 Å². The Bertz CT molecular complexity index is 438. The van der Waals surface area contributed by atoms with Crippen LogP contribution in [0.2, 0.25) is 0 Å². The molecule has 0 unspecified atom stereocenters. The highest BCUT2D eigenvalue weighted by atomic mass is 32.2. The van der Waals surface area contributed by atoms with Gasteiger partial charge in [0.2, 0.25) is 0 Å². The van der Waals surface area contributed by atoms with Gasteiger partial charge in [-0.05, 0) is 18.8 Å². The molecule has 0 spiro atoms. The number of thiazole rings is 1. The molecule has 2 heterocycles. The number of aliphatic hydroxyl groups excluding tert-OH is 1. The van der Waals surface area contributed by atoms with Crippen molar-refractivity contribution >= 4 is 21.2 Å². The van der Waals surface area contributed by atoms with E-state index in [-0.39, 0.29) is 6.61 Å². The lowest BCUT2D eigenvalue weighted by Crippen LogP contribution is -2.24. The minimum Gasteiger partial charge on any atom is -0.390 e. The second kappa shape index (κ2) is 4.81. The maximum atomic E-state index is 11.3. The fraction of sp³-hybridized carbons (Fsp3) is 0.700. The van der Waals surface area contributed by atoms with Crippen LogP contribution in [0.15, 0.2) is 5.38 Å². The lowest BCUT2D eigenvalue weighted by molar-refractivity contribution is 0.277. The molecule has 16 heavy (non-hydrogen) atoms. The van der Waals surface area contributed by atoms with Crippen molar-refractivity contribution in [3.63, 3.8) is 0 Å². The van der Waals surface area contributed by atoms with Crippen LogP contribution in [0.3, 0.4) is 0 Å². The van der Waals surface area contributed by atoms with E-state index in [4.69, 9.17) is 5.11 Å². The van der Waals surface area contributed by atoms with E-state index in [2.05, 4.69) is 4.98 Å². The Labute approximate surface area is 99.3 Å². The molecular weight excluding hydrogens is 246 g/mol. The number of aromatic nitrogens is 1. The summed E-state index contributed by atoms with van der Waals surface area (Å²) in [6, 6.07) is 0. The average Bonchev–Trinajstić information content (AvgIpc) is 2.69. The van der Waals surface area contributed by atoms with Gasteiger partial charge in [-0.15, -0.1) is 11.3 Å². The summed E-state index contributed by atoms with van der Waals surface area (Å²) in [5.74, 6) is 1.06. The third-order valence-electron chi connectivity index (χ3n) is 2.90. The summed E-state index contributed by atoms with van der Waals surface area (Å²) < 4.78 is 22.5. The minimum atomic E-state index is -2.76. The monoisotopic (exact) mass is 261 g/mol. The fourth-order valence-corrected chi connectivity index (χ4v) is 4.40. The first-order chi connectivity index (χ1) is 7.59. The van der Waals surface area contributed by atoms with Gasteiger partial charge in [0.15, 0.2) is 0 Å². The Balaban J connectivity index is 1.91. The smallest absolute Gasteiger partial charge is 0.150 e. The van der Waals surface area contributed by atoms with Crippen molar-refractivity contribution in [3.8, 4) is 0 Å². The molecule has 2 rings (SSSR count). The summed E-state index contributed by atoms with van der Waals surface area (Å²) in [5.41, 5.74) is 0.712. The van der Waals surface area contributed by atoms with Crippen LogP contribution in [0.1, 0.15) is 23.5 Å². The predicted molar refractivity (Wildman–Crippen MR) is 63.1 cm³/mol. The first-order valence-electron chi connectivity index (χ1n) is 5.33. The number of sulfone groups is 1. The largest absolute Gasteiger partial charge is 0.390 e. The van der Waals surface area contributed by atoms with Gasteiger partial charge in [-0.2, -0.15) is 0 Å². The Morgan fingerprint density at radius 1 is 1.44 bits per heavy atom. The third kappa shape index (κ3) is 3.02. The van der Waals surface area contributed by atoms with Gasteiger partial charge < -0.3 is 5.11 Å². The Morgan fingerprint density at radius 3 is 2.69 bits per heavy atom. The molecule has 1 saturated heterocycles. The molecule has 1 aliphatic rings. The summed E-state index contributed by atoms with van der Waals surface area (Å²) in [5, 5.41) is 11.8. The summed E-state index contributed by atoms with van der Waals surface area (Å²) in [4.78, 5) is 4.28. The normalized spacial score (nSPS) is 21.1. The maximum Gasteiger partial charge on any atom is 0.150 e. The molecule has 0 atom stereocenters. The second-order valence-electron chi connectivity index (χ2n) is 4.19. The van der Waals surface area contributed by atoms with E-state index in [0.29, 0.717) is 23.1 Å². The molecule has 0 aromatic carbocycles. The first kappa shape index (κ1) is 12.0. The van der Waals surface area contributed by atoms with Crippen LogP contribution in [0, 0.1) is 5.92 Å². The van der Waals surface area contributed by atoms with Crippen LogP contribution in [0.25, 0.3) is 0 Å². The number of hydrogen-bond donors (Lipinski definition) is 1. The maximum absolute atomic E-state index is 11.3. The summed E-state index contributed by atoms with van der Waals surface area (Å²) in [6.45, 7) is -0.0183. The van der Waals surface area contributed by atoms with Crippen molar-refractivity contribution in [2.45, 2.75) is 25.9 Å². The van der Waals surface area contributed by atoms with Crippen LogP contribution in [-0.4, -0.2) is 30.0 Å². The van der Waals surface area contributed by atoms with Gasteiger partial charge in [-0.3, -0.25) is 0 Å². The van der Waals surface area contributed by atoms with Crippen LogP contribution < -0.4 is 0 Å². The van der Waals surface area contributed by atoms with E-state index in [1.165, 1.54) is 0 Å². The Kier molecular flexibility index (Phi) is 3.61. The Morgan fingerprint density at radius 2 is 2.12 bits per heavy atom. The molecule has 1 fully saturated rings. The third-order valence-corrected chi connectivity index (χ3v) is 5.53. The standard InChI is InChI=1S/C10H15NO3S2/c12-6-9-7-15-10(11-9)5-8-1-3-16(13,14)4-2-8/h7-8,12H,1-6H2. The molecule has 1 aromatic rings. The molecule has 0 aliphatic carbocycles. The zero-order valence-electron chi connectivity index (χ0n) is 8.92. The summed E-state index contributed by atoms with van der Waals surface area (Å²) in [7, 11) is -2.76. The zero-order chi connectivity index (χ0) is 11.6. The van der Waals surface area contributed by atoms with Crippen molar-refractivity contribution in [2.24, 2.45) is 5.92 Å². The lowest BCUT2D eigenvalue weighted by Gasteiger charge is -2.20. The number of aliphatic hydroxyl groups is 1. The van der Waals surface area contributed by atoms with Crippen LogP contribution >= 0.6 is 11.3 Å². The fourth-order valence-electron chi connectivity index (χ4n) is 1.91. The van der Waals surface area contributed by atoms with E-state index >= 15 is 0 Å².